The van der Waals surface area contributed by atoms with Crippen LogP contribution in [0.3, 0.4) is 0 Å². The third-order valence-electron chi connectivity index (χ3n) is 5.38. The first-order valence-electron chi connectivity index (χ1n) is 9.90. The third-order valence-corrected chi connectivity index (χ3v) is 5.38. The Morgan fingerprint density at radius 1 is 1.26 bits per heavy atom. The van der Waals surface area contributed by atoms with Crippen LogP contribution in [0, 0.1) is 11.8 Å². The van der Waals surface area contributed by atoms with Crippen molar-refractivity contribution in [3.05, 3.63) is 29.8 Å². The molecule has 1 aliphatic heterocycles. The molecule has 1 unspecified atom stereocenters. The molecular formula is C21H37IN4O. The fourth-order valence-electron chi connectivity index (χ4n) is 3.48. The Morgan fingerprint density at radius 3 is 2.44 bits per heavy atom. The molecule has 0 bridgehead atoms. The van der Waals surface area contributed by atoms with Crippen LogP contribution in [0.25, 0.3) is 0 Å². The van der Waals surface area contributed by atoms with Crippen LogP contribution < -0.4 is 15.8 Å². The van der Waals surface area contributed by atoms with Crippen molar-refractivity contribution in [2.45, 2.75) is 46.1 Å². The topological polar surface area (TPSA) is 62.9 Å². The van der Waals surface area contributed by atoms with E-state index in [-0.39, 0.29) is 24.0 Å². The van der Waals surface area contributed by atoms with Gasteiger partial charge in [-0.05, 0) is 61.9 Å². The average molecular weight is 488 g/mol. The van der Waals surface area contributed by atoms with Crippen molar-refractivity contribution in [2.24, 2.45) is 22.6 Å². The second kappa shape index (κ2) is 12.4. The Balaban J connectivity index is 0.00000364. The Hall–Kier alpha value is -1.02. The van der Waals surface area contributed by atoms with E-state index in [2.05, 4.69) is 48.1 Å². The van der Waals surface area contributed by atoms with E-state index in [9.17, 15) is 0 Å². The van der Waals surface area contributed by atoms with E-state index < -0.39 is 0 Å². The summed E-state index contributed by atoms with van der Waals surface area (Å²) in [5.74, 6) is 2.87. The fourth-order valence-corrected chi connectivity index (χ4v) is 3.48. The molecule has 154 valence electrons. The van der Waals surface area contributed by atoms with E-state index in [4.69, 9.17) is 10.5 Å². The van der Waals surface area contributed by atoms with Gasteiger partial charge in [0.2, 0.25) is 0 Å². The Morgan fingerprint density at radius 2 is 1.89 bits per heavy atom. The van der Waals surface area contributed by atoms with Crippen LogP contribution in [0.4, 0.5) is 0 Å². The Kier molecular flexibility index (Phi) is 11.1. The molecule has 0 radical (unpaired) electrons. The van der Waals surface area contributed by atoms with E-state index >= 15 is 0 Å². The molecule has 0 spiro atoms. The molecular weight excluding hydrogens is 451 g/mol. The molecule has 1 saturated heterocycles. The summed E-state index contributed by atoms with van der Waals surface area (Å²) in [4.78, 5) is 7.22. The summed E-state index contributed by atoms with van der Waals surface area (Å²) in [7, 11) is 1.68. The first-order valence-corrected chi connectivity index (χ1v) is 9.90. The van der Waals surface area contributed by atoms with Crippen LogP contribution in [-0.4, -0.2) is 50.2 Å². The van der Waals surface area contributed by atoms with Crippen LogP contribution in [-0.2, 0) is 6.42 Å². The summed E-state index contributed by atoms with van der Waals surface area (Å²) < 4.78 is 5.18. The average Bonchev–Trinajstić information content (AvgIpc) is 2.63. The van der Waals surface area contributed by atoms with Crippen molar-refractivity contribution >= 4 is 29.9 Å². The lowest BCUT2D eigenvalue weighted by Gasteiger charge is -2.38. The standard InChI is InChI=1S/C21H36N4O.HI/c1-16(2)20(25-13-10-17(3)11-14-25)15-24-21(22)23-12-9-18-5-7-19(26-4)8-6-18;/h5-8,16-17,20H,9-15H2,1-4H3,(H3,22,23,24);1H. The van der Waals surface area contributed by atoms with Gasteiger partial charge < -0.3 is 15.8 Å². The molecule has 1 aromatic carbocycles. The van der Waals surface area contributed by atoms with Gasteiger partial charge in [-0.2, -0.15) is 0 Å². The lowest BCUT2D eigenvalue weighted by Crippen LogP contribution is -2.46. The van der Waals surface area contributed by atoms with Crippen molar-refractivity contribution in [2.75, 3.05) is 33.3 Å². The van der Waals surface area contributed by atoms with E-state index in [1.807, 2.05) is 12.1 Å². The Labute approximate surface area is 182 Å². The largest absolute Gasteiger partial charge is 0.497 e. The van der Waals surface area contributed by atoms with Gasteiger partial charge in [0.1, 0.15) is 5.75 Å². The molecule has 0 amide bonds. The number of methoxy groups -OCH3 is 1. The number of ether oxygens (including phenoxy) is 1. The number of halogens is 1. The molecule has 6 heteroatoms. The molecule has 3 N–H and O–H groups in total. The van der Waals surface area contributed by atoms with E-state index in [1.165, 1.54) is 31.5 Å². The first-order chi connectivity index (χ1) is 12.5. The molecule has 0 saturated carbocycles. The van der Waals surface area contributed by atoms with Crippen molar-refractivity contribution in [3.8, 4) is 5.75 Å². The number of piperidine rings is 1. The molecule has 2 rings (SSSR count). The number of rotatable bonds is 8. The van der Waals surface area contributed by atoms with Crippen molar-refractivity contribution in [1.82, 2.24) is 10.2 Å². The second-order valence-corrected chi connectivity index (χ2v) is 7.78. The number of nitrogens with one attached hydrogen (secondary N) is 1. The van der Waals surface area contributed by atoms with E-state index in [1.54, 1.807) is 7.11 Å². The molecule has 1 aliphatic rings. The van der Waals surface area contributed by atoms with E-state index in [0.717, 1.165) is 31.2 Å². The number of benzene rings is 1. The number of nitrogens with two attached hydrogens (primary N) is 1. The summed E-state index contributed by atoms with van der Waals surface area (Å²) in [6.45, 7) is 10.8. The third kappa shape index (κ3) is 8.25. The van der Waals surface area contributed by atoms with Crippen LogP contribution in [0.1, 0.15) is 39.2 Å². The van der Waals surface area contributed by atoms with Crippen LogP contribution in [0.15, 0.2) is 29.3 Å². The minimum Gasteiger partial charge on any atom is -0.497 e. The molecule has 1 aromatic rings. The molecule has 1 fully saturated rings. The zero-order valence-electron chi connectivity index (χ0n) is 17.3. The van der Waals surface area contributed by atoms with E-state index in [0.29, 0.717) is 17.9 Å². The monoisotopic (exact) mass is 488 g/mol. The smallest absolute Gasteiger partial charge is 0.188 e. The van der Waals surface area contributed by atoms with Crippen LogP contribution in [0.2, 0.25) is 0 Å². The predicted octanol–water partition coefficient (Wildman–Crippen LogP) is 3.52. The highest BCUT2D eigenvalue weighted by Gasteiger charge is 2.25. The Bertz CT molecular complexity index is 554. The highest BCUT2D eigenvalue weighted by molar-refractivity contribution is 14.0. The van der Waals surface area contributed by atoms with Crippen LogP contribution >= 0.6 is 24.0 Å². The van der Waals surface area contributed by atoms with Gasteiger partial charge in [0.05, 0.1) is 13.7 Å². The van der Waals surface area contributed by atoms with Gasteiger partial charge in [-0.25, -0.2) is 0 Å². The summed E-state index contributed by atoms with van der Waals surface area (Å²) in [6.07, 6.45) is 3.50. The maximum atomic E-state index is 6.08. The molecule has 27 heavy (non-hydrogen) atoms. The highest BCUT2D eigenvalue weighted by atomic mass is 127. The summed E-state index contributed by atoms with van der Waals surface area (Å²) in [6, 6.07) is 8.61. The highest BCUT2D eigenvalue weighted by Crippen LogP contribution is 2.21. The van der Waals surface area contributed by atoms with Gasteiger partial charge in [-0.1, -0.05) is 32.9 Å². The summed E-state index contributed by atoms with van der Waals surface area (Å²) >= 11 is 0. The number of nitrogens with zero attached hydrogens (tertiary/aromatic N) is 2. The number of aliphatic imine (C=N–C) groups is 1. The van der Waals surface area contributed by atoms with Gasteiger partial charge in [-0.3, -0.25) is 9.89 Å². The van der Waals surface area contributed by atoms with Crippen LogP contribution in [0.5, 0.6) is 5.75 Å². The van der Waals surface area contributed by atoms with Gasteiger partial charge >= 0.3 is 0 Å². The molecule has 0 aliphatic carbocycles. The lowest BCUT2D eigenvalue weighted by molar-refractivity contribution is 0.113. The zero-order valence-corrected chi connectivity index (χ0v) is 19.6. The first kappa shape index (κ1) is 24.0. The summed E-state index contributed by atoms with van der Waals surface area (Å²) in [5.41, 5.74) is 7.34. The second-order valence-electron chi connectivity index (χ2n) is 7.78. The molecule has 1 atom stereocenters. The maximum Gasteiger partial charge on any atom is 0.188 e. The quantitative estimate of drug-likeness (QED) is 0.334. The molecule has 5 nitrogen and oxygen atoms in total. The van der Waals surface area contributed by atoms with Crippen molar-refractivity contribution < 1.29 is 4.74 Å². The zero-order chi connectivity index (χ0) is 18.9. The molecule has 0 aromatic heterocycles. The number of hydrogen-bond acceptors (Lipinski definition) is 3. The summed E-state index contributed by atoms with van der Waals surface area (Å²) in [5, 5.41) is 3.24. The normalized spacial score (nSPS) is 17.4. The number of hydrogen-bond donors (Lipinski definition) is 2. The number of guanidine groups is 1. The van der Waals surface area contributed by atoms with Gasteiger partial charge in [0.25, 0.3) is 0 Å². The minimum atomic E-state index is 0. The minimum absolute atomic E-state index is 0. The van der Waals surface area contributed by atoms with Gasteiger partial charge in [-0.15, -0.1) is 24.0 Å². The van der Waals surface area contributed by atoms with Crippen molar-refractivity contribution in [1.29, 1.82) is 0 Å². The van der Waals surface area contributed by atoms with Gasteiger partial charge in [0.15, 0.2) is 5.96 Å². The van der Waals surface area contributed by atoms with Crippen molar-refractivity contribution in [3.63, 3.8) is 0 Å². The maximum absolute atomic E-state index is 6.08. The SMILES string of the molecule is COc1ccc(CCNC(N)=NCC(C(C)C)N2CCC(C)CC2)cc1.I. The lowest BCUT2D eigenvalue weighted by atomic mass is 9.94. The number of likely N-dealkylation sites (tertiary alicyclic amines) is 1. The fraction of sp³-hybridized carbons (Fsp3) is 0.667. The predicted molar refractivity (Wildman–Crippen MR) is 125 cm³/mol. The molecule has 1 heterocycles. The van der Waals surface area contributed by atoms with Gasteiger partial charge in [0, 0.05) is 12.6 Å².